The van der Waals surface area contributed by atoms with Gasteiger partial charge in [0.05, 0.1) is 35.8 Å². The van der Waals surface area contributed by atoms with Crippen molar-refractivity contribution in [3.05, 3.63) is 87.3 Å². The van der Waals surface area contributed by atoms with E-state index in [1.54, 1.807) is 56.8 Å². The minimum Gasteiger partial charge on any atom is -0.465 e. The van der Waals surface area contributed by atoms with Crippen LogP contribution in [0, 0.1) is 0 Å². The zero-order valence-electron chi connectivity index (χ0n) is 19.9. The summed E-state index contributed by atoms with van der Waals surface area (Å²) in [4.78, 5) is 47.7. The lowest BCUT2D eigenvalue weighted by Gasteiger charge is -2.12. The van der Waals surface area contributed by atoms with Crippen molar-refractivity contribution in [2.24, 2.45) is 0 Å². The van der Waals surface area contributed by atoms with Gasteiger partial charge in [0.15, 0.2) is 5.78 Å². The van der Waals surface area contributed by atoms with Crippen molar-refractivity contribution < 1.29 is 19.1 Å². The highest BCUT2D eigenvalue weighted by atomic mass is 79.9. The number of esters is 1. The van der Waals surface area contributed by atoms with Crippen molar-refractivity contribution >= 4 is 55.9 Å². The first-order valence-electron chi connectivity index (χ1n) is 10.9. The maximum Gasteiger partial charge on any atom is 0.338 e. The van der Waals surface area contributed by atoms with Gasteiger partial charge in [-0.25, -0.2) is 4.79 Å². The lowest BCUT2D eigenvalue weighted by molar-refractivity contribution is 0.0602. The van der Waals surface area contributed by atoms with Crippen molar-refractivity contribution in [2.75, 3.05) is 32.3 Å². The van der Waals surface area contributed by atoms with Gasteiger partial charge in [-0.05, 0) is 23.8 Å². The molecule has 0 radical (unpaired) electrons. The number of benzene rings is 2. The lowest BCUT2D eigenvalue weighted by Crippen LogP contribution is -2.24. The van der Waals surface area contributed by atoms with Crippen molar-refractivity contribution in [3.63, 3.8) is 0 Å². The lowest BCUT2D eigenvalue weighted by atomic mass is 9.96. The van der Waals surface area contributed by atoms with E-state index in [0.29, 0.717) is 33.2 Å². The summed E-state index contributed by atoms with van der Waals surface area (Å²) in [6.07, 6.45) is 3.22. The minimum atomic E-state index is -0.616. The van der Waals surface area contributed by atoms with Gasteiger partial charge in [-0.15, -0.1) is 0 Å². The first kappa shape index (κ1) is 24.9. The van der Waals surface area contributed by atoms with Crippen LogP contribution in [-0.2, 0) is 11.3 Å². The number of aromatic nitrogens is 2. The molecule has 0 aliphatic rings. The van der Waals surface area contributed by atoms with E-state index in [2.05, 4.69) is 31.2 Å². The van der Waals surface area contributed by atoms with E-state index in [9.17, 15) is 14.4 Å². The van der Waals surface area contributed by atoms with Crippen LogP contribution in [0.1, 0.15) is 42.3 Å². The summed E-state index contributed by atoms with van der Waals surface area (Å²) < 4.78 is 5.55. The van der Waals surface area contributed by atoms with E-state index >= 15 is 0 Å². The second-order valence-electron chi connectivity index (χ2n) is 8.28. The van der Waals surface area contributed by atoms with Crippen molar-refractivity contribution in [3.8, 4) is 0 Å². The van der Waals surface area contributed by atoms with Gasteiger partial charge in [0, 0.05) is 47.8 Å². The molecule has 4 aromatic rings. The highest BCUT2D eigenvalue weighted by Gasteiger charge is 2.29. The van der Waals surface area contributed by atoms with Gasteiger partial charge < -0.3 is 25.7 Å². The number of aromatic amines is 1. The second-order valence-corrected chi connectivity index (χ2v) is 9.20. The third-order valence-corrected chi connectivity index (χ3v) is 6.12. The van der Waals surface area contributed by atoms with Gasteiger partial charge in [-0.3, -0.25) is 14.6 Å². The number of ketones is 1. The van der Waals surface area contributed by atoms with E-state index in [1.807, 2.05) is 12.1 Å². The molecule has 0 bridgehead atoms. The molecule has 0 atom stereocenters. The zero-order valence-corrected chi connectivity index (χ0v) is 21.5. The largest absolute Gasteiger partial charge is 0.465 e. The third kappa shape index (κ3) is 4.80. The number of amides is 1. The van der Waals surface area contributed by atoms with Crippen LogP contribution in [0.2, 0.25) is 0 Å². The number of methoxy groups -OCH3 is 1. The fourth-order valence-electron chi connectivity index (χ4n) is 3.86. The van der Waals surface area contributed by atoms with Gasteiger partial charge >= 0.3 is 5.97 Å². The molecule has 2 aromatic carbocycles. The molecule has 0 saturated heterocycles. The van der Waals surface area contributed by atoms with Gasteiger partial charge in [0.1, 0.15) is 5.69 Å². The normalized spacial score (nSPS) is 10.8. The third-order valence-electron chi connectivity index (χ3n) is 5.67. The molecule has 0 spiro atoms. The summed E-state index contributed by atoms with van der Waals surface area (Å²) in [5, 5.41) is 3.57. The molecular formula is C26H24BrN5O4. The van der Waals surface area contributed by atoms with Crippen LogP contribution in [0.4, 0.5) is 11.4 Å². The Morgan fingerprint density at radius 3 is 2.50 bits per heavy atom. The van der Waals surface area contributed by atoms with E-state index in [4.69, 9.17) is 10.5 Å². The SMILES string of the molecule is COC(=O)c1cc(Br)cc2[nH]c(C(=O)N(C)C)c(C(=O)c3ccc(CNc4ccncc4N)cc3)c12. The molecule has 1 amide bonds. The molecule has 2 heterocycles. The highest BCUT2D eigenvalue weighted by Crippen LogP contribution is 2.32. The number of nitrogens with two attached hydrogens (primary N) is 1. The van der Waals surface area contributed by atoms with Crippen LogP contribution in [-0.4, -0.2) is 53.7 Å². The number of carbonyl (C=O) groups excluding carboxylic acids is 3. The molecule has 0 aliphatic carbocycles. The van der Waals surface area contributed by atoms with E-state index in [-0.39, 0.29) is 16.8 Å². The van der Waals surface area contributed by atoms with Crippen LogP contribution in [0.15, 0.2) is 59.3 Å². The number of ether oxygens (including phenoxy) is 1. The molecular weight excluding hydrogens is 526 g/mol. The Bertz CT molecular complexity index is 1480. The van der Waals surface area contributed by atoms with Gasteiger partial charge in [0.2, 0.25) is 0 Å². The van der Waals surface area contributed by atoms with E-state index < -0.39 is 17.7 Å². The Morgan fingerprint density at radius 2 is 1.86 bits per heavy atom. The Hall–Kier alpha value is -4.18. The molecule has 36 heavy (non-hydrogen) atoms. The van der Waals surface area contributed by atoms with Crippen LogP contribution in [0.25, 0.3) is 10.9 Å². The number of rotatable bonds is 7. The summed E-state index contributed by atoms with van der Waals surface area (Å²) in [7, 11) is 4.45. The quantitative estimate of drug-likeness (QED) is 0.232. The number of nitrogens with zero attached hydrogens (tertiary/aromatic N) is 2. The number of pyridine rings is 1. The first-order valence-corrected chi connectivity index (χ1v) is 11.7. The number of hydrogen-bond acceptors (Lipinski definition) is 7. The fourth-order valence-corrected chi connectivity index (χ4v) is 4.32. The molecule has 4 rings (SSSR count). The van der Waals surface area contributed by atoms with Crippen molar-refractivity contribution in [1.29, 1.82) is 0 Å². The molecule has 10 heteroatoms. The average Bonchev–Trinajstić information content (AvgIpc) is 3.25. The summed E-state index contributed by atoms with van der Waals surface area (Å²) in [5.41, 5.74) is 9.37. The maximum atomic E-state index is 13.8. The number of carbonyl (C=O) groups is 3. The molecule has 9 nitrogen and oxygen atoms in total. The number of hydrogen-bond donors (Lipinski definition) is 3. The monoisotopic (exact) mass is 549 g/mol. The van der Waals surface area contributed by atoms with E-state index in [1.165, 1.54) is 12.0 Å². The number of fused-ring (bicyclic) bond motifs is 1. The summed E-state index contributed by atoms with van der Waals surface area (Å²) >= 11 is 3.38. The van der Waals surface area contributed by atoms with Crippen LogP contribution in [0.3, 0.4) is 0 Å². The Kier molecular flexibility index (Phi) is 7.07. The van der Waals surface area contributed by atoms with Gasteiger partial charge in [-0.1, -0.05) is 40.2 Å². The zero-order chi connectivity index (χ0) is 26.0. The number of halogens is 1. The molecule has 0 fully saturated rings. The Labute approximate surface area is 215 Å². The topological polar surface area (TPSA) is 130 Å². The smallest absolute Gasteiger partial charge is 0.338 e. The predicted octanol–water partition coefficient (Wildman–Crippen LogP) is 4.24. The van der Waals surface area contributed by atoms with Crippen molar-refractivity contribution in [2.45, 2.75) is 6.54 Å². The Morgan fingerprint density at radius 1 is 1.14 bits per heavy atom. The Balaban J connectivity index is 1.74. The van der Waals surface area contributed by atoms with Crippen LogP contribution < -0.4 is 11.1 Å². The fraction of sp³-hybridized carbons (Fsp3) is 0.154. The summed E-state index contributed by atoms with van der Waals surface area (Å²) in [5.74, 6) is -1.40. The summed E-state index contributed by atoms with van der Waals surface area (Å²) in [6.45, 7) is 0.487. The average molecular weight is 550 g/mol. The van der Waals surface area contributed by atoms with E-state index in [0.717, 1.165) is 11.3 Å². The summed E-state index contributed by atoms with van der Waals surface area (Å²) in [6, 6.07) is 12.1. The van der Waals surface area contributed by atoms with Crippen LogP contribution >= 0.6 is 15.9 Å². The number of nitrogens with one attached hydrogen (secondary N) is 2. The number of anilines is 2. The standard InChI is InChI=1S/C26H24BrN5O4/c1-32(2)25(34)23-22(21-17(26(35)36-3)10-16(27)11-20(21)31-23)24(33)15-6-4-14(5-7-15)12-30-19-8-9-29-13-18(19)28/h4-11,13,31H,12,28H2,1-3H3,(H,29,30). The molecule has 0 saturated carbocycles. The van der Waals surface area contributed by atoms with Crippen LogP contribution in [0.5, 0.6) is 0 Å². The second kappa shape index (κ2) is 10.2. The first-order chi connectivity index (χ1) is 17.2. The minimum absolute atomic E-state index is 0.0992. The maximum absolute atomic E-state index is 13.8. The molecule has 184 valence electrons. The highest BCUT2D eigenvalue weighted by molar-refractivity contribution is 9.10. The molecule has 0 aliphatic heterocycles. The predicted molar refractivity (Wildman–Crippen MR) is 141 cm³/mol. The van der Waals surface area contributed by atoms with Crippen molar-refractivity contribution in [1.82, 2.24) is 14.9 Å². The van der Waals surface area contributed by atoms with Gasteiger partial charge in [-0.2, -0.15) is 0 Å². The van der Waals surface area contributed by atoms with Gasteiger partial charge in [0.25, 0.3) is 5.91 Å². The molecule has 4 N–H and O–H groups in total. The number of H-pyrrole nitrogens is 1. The molecule has 2 aromatic heterocycles. The molecule has 0 unspecified atom stereocenters. The number of nitrogen functional groups attached to an aromatic ring is 1.